The Labute approximate surface area is 103 Å². The SMILES string of the molecule is CNCc1cc(F)ccc1Sc1nnc(C)o1. The summed E-state index contributed by atoms with van der Waals surface area (Å²) in [7, 11) is 1.82. The summed E-state index contributed by atoms with van der Waals surface area (Å²) in [5.74, 6) is 0.270. The van der Waals surface area contributed by atoms with Crippen molar-refractivity contribution in [1.82, 2.24) is 15.5 Å². The van der Waals surface area contributed by atoms with Crippen LogP contribution < -0.4 is 5.32 Å². The fraction of sp³-hybridized carbons (Fsp3) is 0.273. The number of hydrogen-bond acceptors (Lipinski definition) is 5. The van der Waals surface area contributed by atoms with Crippen molar-refractivity contribution < 1.29 is 8.81 Å². The maximum atomic E-state index is 13.1. The van der Waals surface area contributed by atoms with E-state index in [4.69, 9.17) is 4.42 Å². The average Bonchev–Trinajstić information content (AvgIpc) is 2.69. The molecule has 0 bridgehead atoms. The predicted molar refractivity (Wildman–Crippen MR) is 62.3 cm³/mol. The number of hydrogen-bond donors (Lipinski definition) is 1. The van der Waals surface area contributed by atoms with Gasteiger partial charge < -0.3 is 9.73 Å². The molecule has 0 aliphatic heterocycles. The standard InChI is InChI=1S/C11H12FN3OS/c1-7-14-15-11(16-7)17-10-4-3-9(12)5-8(10)6-13-2/h3-5,13H,6H2,1-2H3. The van der Waals surface area contributed by atoms with Crippen molar-refractivity contribution in [3.05, 3.63) is 35.5 Å². The number of nitrogens with zero attached hydrogens (tertiary/aromatic N) is 2. The first-order chi connectivity index (χ1) is 8.19. The molecule has 0 unspecified atom stereocenters. The molecule has 1 heterocycles. The zero-order chi connectivity index (χ0) is 12.3. The Morgan fingerprint density at radius 2 is 2.24 bits per heavy atom. The Bertz CT molecular complexity index is 515. The Morgan fingerprint density at radius 3 is 2.88 bits per heavy atom. The van der Waals surface area contributed by atoms with E-state index in [1.807, 2.05) is 7.05 Å². The molecule has 1 N–H and O–H groups in total. The van der Waals surface area contributed by atoms with E-state index in [9.17, 15) is 4.39 Å². The van der Waals surface area contributed by atoms with Gasteiger partial charge in [-0.25, -0.2) is 4.39 Å². The molecule has 90 valence electrons. The molecule has 4 nitrogen and oxygen atoms in total. The summed E-state index contributed by atoms with van der Waals surface area (Å²) >= 11 is 1.34. The number of aryl methyl sites for hydroxylation is 1. The van der Waals surface area contributed by atoms with Crippen LogP contribution in [0.15, 0.2) is 32.7 Å². The van der Waals surface area contributed by atoms with Gasteiger partial charge >= 0.3 is 0 Å². The van der Waals surface area contributed by atoms with Gasteiger partial charge in [0.05, 0.1) is 0 Å². The highest BCUT2D eigenvalue weighted by Gasteiger charge is 2.09. The maximum absolute atomic E-state index is 13.1. The van der Waals surface area contributed by atoms with E-state index in [0.717, 1.165) is 10.5 Å². The van der Waals surface area contributed by atoms with E-state index in [1.54, 1.807) is 13.0 Å². The molecule has 0 saturated heterocycles. The molecule has 2 aromatic rings. The highest BCUT2D eigenvalue weighted by molar-refractivity contribution is 7.99. The van der Waals surface area contributed by atoms with Crippen molar-refractivity contribution in [2.24, 2.45) is 0 Å². The molecular formula is C11H12FN3OS. The molecule has 0 atom stereocenters. The van der Waals surface area contributed by atoms with Crippen LogP contribution in [0.5, 0.6) is 0 Å². The molecule has 2 rings (SSSR count). The lowest BCUT2D eigenvalue weighted by atomic mass is 10.2. The molecular weight excluding hydrogens is 241 g/mol. The van der Waals surface area contributed by atoms with Crippen LogP contribution in [0.3, 0.4) is 0 Å². The van der Waals surface area contributed by atoms with E-state index in [-0.39, 0.29) is 5.82 Å². The first-order valence-corrected chi connectivity index (χ1v) is 5.91. The molecule has 0 aliphatic carbocycles. The third kappa shape index (κ3) is 3.04. The second-order valence-electron chi connectivity index (χ2n) is 3.47. The number of nitrogens with one attached hydrogen (secondary N) is 1. The summed E-state index contributed by atoms with van der Waals surface area (Å²) in [6.45, 7) is 2.32. The van der Waals surface area contributed by atoms with Crippen LogP contribution in [-0.4, -0.2) is 17.2 Å². The zero-order valence-electron chi connectivity index (χ0n) is 9.53. The molecule has 0 spiro atoms. The van der Waals surface area contributed by atoms with Gasteiger partial charge in [-0.05, 0) is 42.6 Å². The van der Waals surface area contributed by atoms with E-state index < -0.39 is 0 Å². The Hall–Kier alpha value is -1.40. The van der Waals surface area contributed by atoms with Gasteiger partial charge in [-0.2, -0.15) is 0 Å². The molecule has 0 fully saturated rings. The van der Waals surface area contributed by atoms with Crippen molar-refractivity contribution in [1.29, 1.82) is 0 Å². The lowest BCUT2D eigenvalue weighted by Gasteiger charge is -2.06. The van der Waals surface area contributed by atoms with Crippen LogP contribution in [0.2, 0.25) is 0 Å². The first-order valence-electron chi connectivity index (χ1n) is 5.10. The zero-order valence-corrected chi connectivity index (χ0v) is 10.3. The predicted octanol–water partition coefficient (Wildman–Crippen LogP) is 2.39. The Kier molecular flexibility index (Phi) is 3.75. The van der Waals surface area contributed by atoms with E-state index >= 15 is 0 Å². The molecule has 17 heavy (non-hydrogen) atoms. The van der Waals surface area contributed by atoms with Crippen molar-refractivity contribution >= 4 is 11.8 Å². The fourth-order valence-corrected chi connectivity index (χ4v) is 2.22. The topological polar surface area (TPSA) is 51.0 Å². The van der Waals surface area contributed by atoms with E-state index in [1.165, 1.54) is 23.9 Å². The van der Waals surface area contributed by atoms with Crippen molar-refractivity contribution in [2.75, 3.05) is 7.05 Å². The van der Waals surface area contributed by atoms with Gasteiger partial charge in [-0.15, -0.1) is 10.2 Å². The second kappa shape index (κ2) is 5.29. The first kappa shape index (κ1) is 12.1. The molecule has 0 saturated carbocycles. The van der Waals surface area contributed by atoms with Gasteiger partial charge in [0.15, 0.2) is 0 Å². The average molecular weight is 253 g/mol. The van der Waals surface area contributed by atoms with Gasteiger partial charge in [0, 0.05) is 18.4 Å². The van der Waals surface area contributed by atoms with Crippen molar-refractivity contribution in [2.45, 2.75) is 23.6 Å². The van der Waals surface area contributed by atoms with Gasteiger partial charge in [0.1, 0.15) is 5.82 Å². The number of aromatic nitrogens is 2. The van der Waals surface area contributed by atoms with E-state index in [2.05, 4.69) is 15.5 Å². The quantitative estimate of drug-likeness (QED) is 0.906. The lowest BCUT2D eigenvalue weighted by molar-refractivity contribution is 0.429. The Balaban J connectivity index is 2.25. The van der Waals surface area contributed by atoms with Gasteiger partial charge in [0.25, 0.3) is 5.22 Å². The fourth-order valence-electron chi connectivity index (χ4n) is 1.39. The summed E-state index contributed by atoms with van der Waals surface area (Å²) in [4.78, 5) is 0.907. The molecule has 0 aliphatic rings. The summed E-state index contributed by atoms with van der Waals surface area (Å²) in [6, 6.07) is 4.64. The smallest absolute Gasteiger partial charge is 0.281 e. The number of benzene rings is 1. The van der Waals surface area contributed by atoms with Crippen LogP contribution in [-0.2, 0) is 6.54 Å². The monoisotopic (exact) mass is 253 g/mol. The third-order valence-electron chi connectivity index (χ3n) is 2.09. The summed E-state index contributed by atoms with van der Waals surface area (Å²) in [6.07, 6.45) is 0. The largest absolute Gasteiger partial charge is 0.416 e. The van der Waals surface area contributed by atoms with Crippen molar-refractivity contribution in [3.63, 3.8) is 0 Å². The molecule has 0 radical (unpaired) electrons. The van der Waals surface area contributed by atoms with Crippen molar-refractivity contribution in [3.8, 4) is 0 Å². The summed E-state index contributed by atoms with van der Waals surface area (Å²) in [5, 5.41) is 11.1. The van der Waals surface area contributed by atoms with Crippen LogP contribution in [0, 0.1) is 12.7 Å². The molecule has 1 aromatic heterocycles. The summed E-state index contributed by atoms with van der Waals surface area (Å²) in [5.41, 5.74) is 0.869. The molecule has 1 aromatic carbocycles. The third-order valence-corrected chi connectivity index (χ3v) is 3.05. The van der Waals surface area contributed by atoms with Crippen LogP contribution in [0.4, 0.5) is 4.39 Å². The van der Waals surface area contributed by atoms with Gasteiger partial charge in [0.2, 0.25) is 5.89 Å². The normalized spacial score (nSPS) is 10.8. The van der Waals surface area contributed by atoms with E-state index in [0.29, 0.717) is 17.7 Å². The maximum Gasteiger partial charge on any atom is 0.281 e. The van der Waals surface area contributed by atoms with Crippen LogP contribution in [0.25, 0.3) is 0 Å². The van der Waals surface area contributed by atoms with Crippen LogP contribution >= 0.6 is 11.8 Å². The number of rotatable bonds is 4. The lowest BCUT2D eigenvalue weighted by Crippen LogP contribution is -2.06. The molecule has 6 heteroatoms. The summed E-state index contributed by atoms with van der Waals surface area (Å²) < 4.78 is 18.4. The van der Waals surface area contributed by atoms with Gasteiger partial charge in [-0.3, -0.25) is 0 Å². The second-order valence-corrected chi connectivity index (χ2v) is 4.46. The minimum atomic E-state index is -0.249. The Morgan fingerprint density at radius 1 is 1.41 bits per heavy atom. The molecule has 0 amide bonds. The highest BCUT2D eigenvalue weighted by atomic mass is 32.2. The minimum absolute atomic E-state index is 0.249. The van der Waals surface area contributed by atoms with Gasteiger partial charge in [-0.1, -0.05) is 0 Å². The van der Waals surface area contributed by atoms with Crippen LogP contribution in [0.1, 0.15) is 11.5 Å². The minimum Gasteiger partial charge on any atom is -0.416 e. The highest BCUT2D eigenvalue weighted by Crippen LogP contribution is 2.29. The number of halogens is 1.